The molecule has 0 unspecified atom stereocenters. The molecule has 2 aromatic carbocycles. The Hall–Kier alpha value is -3.91. The van der Waals surface area contributed by atoms with Gasteiger partial charge in [-0.2, -0.15) is 13.2 Å². The van der Waals surface area contributed by atoms with Crippen LogP contribution in [0.15, 0.2) is 60.7 Å². The van der Waals surface area contributed by atoms with E-state index in [2.05, 4.69) is 58.3 Å². The summed E-state index contributed by atoms with van der Waals surface area (Å²) in [5.41, 5.74) is 7.45. The average molecular weight is 641 g/mol. The number of benzene rings is 2. The van der Waals surface area contributed by atoms with Crippen LogP contribution in [0.1, 0.15) is 50.8 Å². The zero-order valence-electron chi connectivity index (χ0n) is 24.2. The largest absolute Gasteiger partial charge is 0.413 e. The van der Waals surface area contributed by atoms with Crippen LogP contribution >= 0.6 is 23.2 Å². The Morgan fingerprint density at radius 1 is 1.09 bits per heavy atom. The third-order valence-corrected chi connectivity index (χ3v) is 8.49. The van der Waals surface area contributed by atoms with Crippen molar-refractivity contribution in [2.45, 2.75) is 51.4 Å². The normalized spacial score (nSPS) is 16.8. The summed E-state index contributed by atoms with van der Waals surface area (Å²) < 4.78 is 42.0. The van der Waals surface area contributed by atoms with Crippen molar-refractivity contribution < 1.29 is 13.2 Å². The summed E-state index contributed by atoms with van der Waals surface area (Å²) >= 11 is 13.2. The summed E-state index contributed by atoms with van der Waals surface area (Å²) in [6, 6.07) is 10.4. The molecule has 0 amide bonds. The van der Waals surface area contributed by atoms with Gasteiger partial charge in [0.2, 0.25) is 0 Å². The van der Waals surface area contributed by atoms with Gasteiger partial charge >= 0.3 is 6.18 Å². The minimum Gasteiger partial charge on any atom is -0.383 e. The van der Waals surface area contributed by atoms with Crippen molar-refractivity contribution in [1.82, 2.24) is 25.9 Å². The molecule has 1 saturated carbocycles. The van der Waals surface area contributed by atoms with Crippen LogP contribution in [0.4, 0.5) is 24.5 Å². The molecule has 7 nitrogen and oxygen atoms in total. The summed E-state index contributed by atoms with van der Waals surface area (Å²) in [5, 5.41) is 11.0. The Balaban J connectivity index is 1.48. The fourth-order valence-corrected chi connectivity index (χ4v) is 5.91. The zero-order chi connectivity index (χ0) is 31.4. The number of nitrogens with one attached hydrogen (secondary N) is 4. The van der Waals surface area contributed by atoms with Crippen molar-refractivity contribution in [3.05, 3.63) is 82.0 Å². The van der Waals surface area contributed by atoms with Crippen LogP contribution in [0, 0.1) is 17.8 Å². The monoisotopic (exact) mass is 639 g/mol. The van der Waals surface area contributed by atoms with Gasteiger partial charge in [-0.3, -0.25) is 9.99 Å². The summed E-state index contributed by atoms with van der Waals surface area (Å²) in [6.07, 6.45) is 6.12. The van der Waals surface area contributed by atoms with Crippen LogP contribution in [0.2, 0.25) is 10.2 Å². The highest BCUT2D eigenvalue weighted by Gasteiger charge is 2.67. The number of hydrogen-bond donors (Lipinski definition) is 4. The van der Waals surface area contributed by atoms with Crippen LogP contribution in [-0.4, -0.2) is 33.2 Å². The van der Waals surface area contributed by atoms with Crippen LogP contribution in [0.3, 0.4) is 0 Å². The number of pyridine rings is 2. The van der Waals surface area contributed by atoms with Gasteiger partial charge in [0.1, 0.15) is 5.15 Å². The van der Waals surface area contributed by atoms with Gasteiger partial charge in [0, 0.05) is 41.6 Å². The lowest BCUT2D eigenvalue weighted by molar-refractivity contribution is -0.195. The van der Waals surface area contributed by atoms with Gasteiger partial charge in [0.05, 0.1) is 33.5 Å². The molecule has 1 fully saturated rings. The van der Waals surface area contributed by atoms with E-state index in [1.165, 1.54) is 6.20 Å². The second-order valence-corrected chi connectivity index (χ2v) is 13.1. The molecule has 12 heteroatoms. The molecule has 0 saturated heterocycles. The maximum atomic E-state index is 14.0. The Labute approximate surface area is 263 Å². The first-order chi connectivity index (χ1) is 20.8. The Morgan fingerprint density at radius 2 is 1.86 bits per heavy atom. The third-order valence-electron chi connectivity index (χ3n) is 7.90. The van der Waals surface area contributed by atoms with Gasteiger partial charge in [-0.1, -0.05) is 68.1 Å². The van der Waals surface area contributed by atoms with E-state index in [-0.39, 0.29) is 18.3 Å². The molecule has 6 rings (SSSR count). The Bertz CT molecular complexity index is 1840. The van der Waals surface area contributed by atoms with Crippen LogP contribution in [0.5, 0.6) is 0 Å². The standard InChI is InChI=1S/C32H30Cl2F3N7/c1-5-18-15-39-27-23(26(18)40-17-30(2,3)4)13-19(14-24(27)33)41-28(21-7-6-8-22-20(21)9-12-38-29(22)34)25-16-44(43-42-25)31(10-11-31)32(35,36)37/h1,6-9,12-16,28,41-43H,10-11,17H2,2-4H3,(H,39,40)/t28-/m0/s1. The molecule has 1 aliphatic carbocycles. The van der Waals surface area contributed by atoms with E-state index in [0.29, 0.717) is 50.0 Å². The van der Waals surface area contributed by atoms with E-state index in [0.717, 1.165) is 21.6 Å². The first kappa shape index (κ1) is 30.1. The van der Waals surface area contributed by atoms with Crippen molar-refractivity contribution in [3.8, 4) is 12.3 Å². The predicted octanol–water partition coefficient (Wildman–Crippen LogP) is 7.94. The van der Waals surface area contributed by atoms with Crippen molar-refractivity contribution in [1.29, 1.82) is 0 Å². The van der Waals surface area contributed by atoms with Crippen LogP contribution < -0.4 is 21.6 Å². The molecule has 2 aromatic heterocycles. The summed E-state index contributed by atoms with van der Waals surface area (Å²) in [6.45, 7) is 6.97. The van der Waals surface area contributed by atoms with Crippen molar-refractivity contribution in [2.24, 2.45) is 5.41 Å². The molecule has 0 radical (unpaired) electrons. The average Bonchev–Trinajstić information content (AvgIpc) is 3.65. The second kappa shape index (κ2) is 10.9. The highest BCUT2D eigenvalue weighted by molar-refractivity contribution is 6.36. The number of halogens is 5. The van der Waals surface area contributed by atoms with E-state index < -0.39 is 17.8 Å². The number of fused-ring (bicyclic) bond motifs is 2. The first-order valence-corrected chi connectivity index (χ1v) is 14.8. The summed E-state index contributed by atoms with van der Waals surface area (Å²) in [4.78, 5) is 8.72. The summed E-state index contributed by atoms with van der Waals surface area (Å²) in [7, 11) is 0. The van der Waals surface area contributed by atoms with Crippen LogP contribution in [-0.2, 0) is 0 Å². The lowest BCUT2D eigenvalue weighted by atomic mass is 9.96. The van der Waals surface area contributed by atoms with E-state index in [1.54, 1.807) is 18.5 Å². The SMILES string of the molecule is C#Cc1cnc2c(Cl)cc(N[C@H](C3=CN(C4(C(F)(F)F)CC4)NN3)c3cccc4c(Cl)nccc34)cc2c1NCC(C)(C)C. The number of rotatable bonds is 7. The van der Waals surface area contributed by atoms with Gasteiger partial charge in [-0.05, 0) is 47.4 Å². The molecule has 1 aliphatic heterocycles. The van der Waals surface area contributed by atoms with Crippen LogP contribution in [0.25, 0.3) is 21.7 Å². The Morgan fingerprint density at radius 3 is 2.55 bits per heavy atom. The quantitative estimate of drug-likeness (QED) is 0.121. The molecule has 4 aromatic rings. The fraction of sp³-hybridized carbons (Fsp3) is 0.312. The third kappa shape index (κ3) is 5.45. The molecule has 0 bridgehead atoms. The fourth-order valence-electron chi connectivity index (χ4n) is 5.42. The van der Waals surface area contributed by atoms with Gasteiger partial charge in [-0.15, -0.1) is 12.0 Å². The van der Waals surface area contributed by atoms with Crippen molar-refractivity contribution in [3.63, 3.8) is 0 Å². The first-order valence-electron chi connectivity index (χ1n) is 14.0. The number of aromatic nitrogens is 2. The Kier molecular flexibility index (Phi) is 7.47. The molecule has 44 heavy (non-hydrogen) atoms. The number of alkyl halides is 3. The smallest absolute Gasteiger partial charge is 0.383 e. The minimum absolute atomic E-state index is 0.00225. The van der Waals surface area contributed by atoms with Gasteiger partial charge in [0.25, 0.3) is 0 Å². The lowest BCUT2D eigenvalue weighted by Crippen LogP contribution is -2.52. The summed E-state index contributed by atoms with van der Waals surface area (Å²) in [5.74, 6) is 2.70. The molecule has 0 spiro atoms. The molecular weight excluding hydrogens is 610 g/mol. The number of hydrogen-bond acceptors (Lipinski definition) is 7. The molecular formula is C32H30Cl2F3N7. The zero-order valence-corrected chi connectivity index (χ0v) is 25.7. The van der Waals surface area contributed by atoms with Crippen molar-refractivity contribution >= 4 is 56.3 Å². The van der Waals surface area contributed by atoms with Gasteiger partial charge < -0.3 is 16.1 Å². The molecule has 4 N–H and O–H groups in total. The maximum Gasteiger partial charge on any atom is 0.413 e. The number of anilines is 2. The van der Waals surface area contributed by atoms with Gasteiger partial charge in [0.15, 0.2) is 5.54 Å². The molecule has 228 valence electrons. The highest BCUT2D eigenvalue weighted by atomic mass is 35.5. The lowest BCUT2D eigenvalue weighted by Gasteiger charge is -2.28. The number of hydrazine groups is 2. The van der Waals surface area contributed by atoms with Gasteiger partial charge in [-0.25, -0.2) is 4.98 Å². The van der Waals surface area contributed by atoms with E-state index in [1.807, 2.05) is 30.3 Å². The van der Waals surface area contributed by atoms with E-state index in [9.17, 15) is 13.2 Å². The second-order valence-electron chi connectivity index (χ2n) is 12.3. The van der Waals surface area contributed by atoms with Crippen molar-refractivity contribution in [2.75, 3.05) is 17.2 Å². The number of nitrogens with zero attached hydrogens (tertiary/aromatic N) is 3. The molecule has 3 heterocycles. The topological polar surface area (TPSA) is 77.1 Å². The predicted molar refractivity (Wildman–Crippen MR) is 170 cm³/mol. The molecule has 1 atom stereocenters. The minimum atomic E-state index is -4.40. The molecule has 2 aliphatic rings. The van der Waals surface area contributed by atoms with E-state index in [4.69, 9.17) is 29.6 Å². The van der Waals surface area contributed by atoms with E-state index >= 15 is 0 Å². The highest BCUT2D eigenvalue weighted by Crippen LogP contribution is 2.54. The number of terminal acetylenes is 1. The maximum absolute atomic E-state index is 14.0.